The largest absolute Gasteiger partial charge is 0.365 e. The van der Waals surface area contributed by atoms with Crippen LogP contribution in [0, 0.1) is 0 Å². The first-order valence-corrected chi connectivity index (χ1v) is 9.84. The first-order valence-electron chi connectivity index (χ1n) is 8.96. The van der Waals surface area contributed by atoms with E-state index < -0.39 is 5.97 Å². The summed E-state index contributed by atoms with van der Waals surface area (Å²) in [5.74, 6) is -0.584. The van der Waals surface area contributed by atoms with E-state index in [1.54, 1.807) is 48.5 Å². The number of nitrogens with zero attached hydrogens (tertiary/aromatic N) is 2. The lowest BCUT2D eigenvalue weighted by Gasteiger charge is -2.23. The highest BCUT2D eigenvalue weighted by Gasteiger charge is 2.24. The molecule has 0 fully saturated rings. The van der Waals surface area contributed by atoms with Gasteiger partial charge in [0.1, 0.15) is 0 Å². The van der Waals surface area contributed by atoms with Crippen LogP contribution in [-0.2, 0) is 4.84 Å². The molecule has 3 rings (SSSR count). The highest BCUT2D eigenvalue weighted by molar-refractivity contribution is 7.12. The van der Waals surface area contributed by atoms with Crippen molar-refractivity contribution in [3.8, 4) is 0 Å². The second-order valence-electron chi connectivity index (χ2n) is 6.35. The lowest BCUT2D eigenvalue weighted by Crippen LogP contribution is -2.38. The molecule has 146 valence electrons. The van der Waals surface area contributed by atoms with Gasteiger partial charge in [-0.3, -0.25) is 9.69 Å². The Bertz CT molecular complexity index is 1010. The molecule has 0 aliphatic rings. The van der Waals surface area contributed by atoms with Crippen LogP contribution in [0.1, 0.15) is 32.5 Å². The zero-order chi connectivity index (χ0) is 20.6. The number of rotatable bonds is 6. The summed E-state index contributed by atoms with van der Waals surface area (Å²) in [5, 5.41) is 5.95. The number of carbonyl (C=O) groups is 2. The molecule has 0 radical (unpaired) electrons. The van der Waals surface area contributed by atoms with Gasteiger partial charge in [-0.2, -0.15) is 0 Å². The summed E-state index contributed by atoms with van der Waals surface area (Å²) in [6.07, 6.45) is 0. The van der Waals surface area contributed by atoms with E-state index in [4.69, 9.17) is 4.84 Å². The molecule has 0 saturated carbocycles. The highest BCUT2D eigenvalue weighted by Crippen LogP contribution is 2.18. The number of hydrogen-bond donors (Lipinski definition) is 0. The van der Waals surface area contributed by atoms with Crippen LogP contribution < -0.4 is 0 Å². The van der Waals surface area contributed by atoms with Crippen LogP contribution in [0.5, 0.6) is 0 Å². The van der Waals surface area contributed by atoms with Gasteiger partial charge in [-0.05, 0) is 42.6 Å². The van der Waals surface area contributed by atoms with E-state index in [2.05, 4.69) is 11.7 Å². The maximum Gasteiger partial charge on any atom is 0.365 e. The maximum atomic E-state index is 13.2. The zero-order valence-corrected chi connectivity index (χ0v) is 16.8. The number of oxime groups is 1. The van der Waals surface area contributed by atoms with Crippen molar-refractivity contribution in [2.45, 2.75) is 6.92 Å². The third-order valence-corrected chi connectivity index (χ3v) is 4.78. The Morgan fingerprint density at radius 1 is 0.966 bits per heavy atom. The SMILES string of the molecule is C=C(C)CN(C(=O)c1ccccc1)/C(=N/OC(=O)c1ccccc1)c1cccs1. The van der Waals surface area contributed by atoms with Gasteiger partial charge in [0.05, 0.1) is 10.4 Å². The van der Waals surface area contributed by atoms with E-state index >= 15 is 0 Å². The van der Waals surface area contributed by atoms with Gasteiger partial charge in [-0.15, -0.1) is 11.3 Å². The minimum absolute atomic E-state index is 0.243. The van der Waals surface area contributed by atoms with Crippen molar-refractivity contribution in [3.63, 3.8) is 0 Å². The van der Waals surface area contributed by atoms with E-state index in [1.807, 2.05) is 36.6 Å². The predicted molar refractivity (Wildman–Crippen MR) is 115 cm³/mol. The Labute approximate surface area is 173 Å². The summed E-state index contributed by atoms with van der Waals surface area (Å²) < 4.78 is 0. The van der Waals surface area contributed by atoms with Gasteiger partial charge in [0.2, 0.25) is 0 Å². The van der Waals surface area contributed by atoms with Gasteiger partial charge in [-0.25, -0.2) is 4.79 Å². The number of amidine groups is 1. The van der Waals surface area contributed by atoms with Crippen LogP contribution in [0.25, 0.3) is 0 Å². The Hall–Kier alpha value is -3.51. The molecule has 1 heterocycles. The van der Waals surface area contributed by atoms with Gasteiger partial charge in [0.25, 0.3) is 5.91 Å². The molecular weight excluding hydrogens is 384 g/mol. The van der Waals surface area contributed by atoms with Crippen LogP contribution in [-0.4, -0.2) is 29.2 Å². The minimum Gasteiger partial charge on any atom is -0.311 e. The van der Waals surface area contributed by atoms with Crippen LogP contribution in [0.4, 0.5) is 0 Å². The average Bonchev–Trinajstić information content (AvgIpc) is 3.28. The molecule has 2 aromatic carbocycles. The third kappa shape index (κ3) is 5.27. The lowest BCUT2D eigenvalue weighted by atomic mass is 10.1. The summed E-state index contributed by atoms with van der Waals surface area (Å²) >= 11 is 1.40. The van der Waals surface area contributed by atoms with Gasteiger partial charge in [0.15, 0.2) is 5.84 Å². The number of amides is 1. The Morgan fingerprint density at radius 2 is 1.59 bits per heavy atom. The average molecular weight is 404 g/mol. The quantitative estimate of drug-likeness (QED) is 0.191. The van der Waals surface area contributed by atoms with Crippen LogP contribution in [0.15, 0.2) is 95.5 Å². The van der Waals surface area contributed by atoms with Crippen LogP contribution in [0.3, 0.4) is 0 Å². The van der Waals surface area contributed by atoms with Gasteiger partial charge in [0, 0.05) is 12.1 Å². The van der Waals surface area contributed by atoms with Crippen molar-refractivity contribution >= 4 is 29.0 Å². The fourth-order valence-corrected chi connectivity index (χ4v) is 3.31. The summed E-state index contributed by atoms with van der Waals surface area (Å²) in [7, 11) is 0. The lowest BCUT2D eigenvalue weighted by molar-refractivity contribution is 0.0506. The van der Waals surface area contributed by atoms with Gasteiger partial charge in [-0.1, -0.05) is 59.8 Å². The van der Waals surface area contributed by atoms with Crippen LogP contribution in [0.2, 0.25) is 0 Å². The topological polar surface area (TPSA) is 59.0 Å². The number of thiophene rings is 1. The van der Waals surface area contributed by atoms with Crippen molar-refractivity contribution in [3.05, 3.63) is 106 Å². The molecule has 0 spiro atoms. The molecule has 6 heteroatoms. The van der Waals surface area contributed by atoms with Crippen molar-refractivity contribution in [2.24, 2.45) is 5.16 Å². The second-order valence-corrected chi connectivity index (χ2v) is 7.30. The summed E-state index contributed by atoms with van der Waals surface area (Å²) in [6, 6.07) is 21.1. The third-order valence-electron chi connectivity index (χ3n) is 3.92. The van der Waals surface area contributed by atoms with Crippen molar-refractivity contribution in [1.82, 2.24) is 4.90 Å². The summed E-state index contributed by atoms with van der Waals surface area (Å²) in [6.45, 7) is 5.99. The van der Waals surface area contributed by atoms with E-state index in [9.17, 15) is 9.59 Å². The molecule has 0 aliphatic heterocycles. The first-order chi connectivity index (χ1) is 14.1. The summed E-state index contributed by atoms with van der Waals surface area (Å²) in [4.78, 5) is 32.9. The smallest absolute Gasteiger partial charge is 0.311 e. The zero-order valence-electron chi connectivity index (χ0n) is 15.9. The molecule has 0 aliphatic carbocycles. The van der Waals surface area contributed by atoms with E-state index in [1.165, 1.54) is 16.2 Å². The highest BCUT2D eigenvalue weighted by atomic mass is 32.1. The van der Waals surface area contributed by atoms with E-state index in [0.717, 1.165) is 5.57 Å². The van der Waals surface area contributed by atoms with E-state index in [-0.39, 0.29) is 18.3 Å². The molecule has 0 saturated heterocycles. The predicted octanol–water partition coefficient (Wildman–Crippen LogP) is 4.99. The molecule has 0 N–H and O–H groups in total. The number of carbonyl (C=O) groups excluding carboxylic acids is 2. The molecule has 5 nitrogen and oxygen atoms in total. The van der Waals surface area contributed by atoms with E-state index in [0.29, 0.717) is 16.0 Å². The molecule has 0 unspecified atom stereocenters. The molecule has 29 heavy (non-hydrogen) atoms. The normalized spacial score (nSPS) is 11.0. The molecule has 0 bridgehead atoms. The molecule has 1 amide bonds. The Morgan fingerprint density at radius 3 is 2.14 bits per heavy atom. The Balaban J connectivity index is 1.97. The molecule has 1 aromatic heterocycles. The number of benzene rings is 2. The molecular formula is C23H20N2O3S. The standard InChI is InChI=1S/C23H20N2O3S/c1-17(2)16-25(22(26)18-10-5-3-6-11-18)21(20-14-9-15-29-20)24-28-23(27)19-12-7-4-8-13-19/h3-15H,1,16H2,2H3/b24-21+. The van der Waals surface area contributed by atoms with Crippen molar-refractivity contribution in [2.75, 3.05) is 6.54 Å². The van der Waals surface area contributed by atoms with Gasteiger partial charge < -0.3 is 4.84 Å². The van der Waals surface area contributed by atoms with Gasteiger partial charge >= 0.3 is 5.97 Å². The first kappa shape index (κ1) is 20.2. The second kappa shape index (κ2) is 9.61. The number of hydrogen-bond acceptors (Lipinski definition) is 5. The Kier molecular flexibility index (Phi) is 6.71. The van der Waals surface area contributed by atoms with Crippen LogP contribution >= 0.6 is 11.3 Å². The van der Waals surface area contributed by atoms with Crippen molar-refractivity contribution in [1.29, 1.82) is 0 Å². The van der Waals surface area contributed by atoms with Crippen molar-refractivity contribution < 1.29 is 14.4 Å². The molecule has 3 aromatic rings. The molecule has 0 atom stereocenters. The fourth-order valence-electron chi connectivity index (χ4n) is 2.59. The summed E-state index contributed by atoms with van der Waals surface area (Å²) in [5.41, 5.74) is 1.66. The minimum atomic E-state index is -0.595. The maximum absolute atomic E-state index is 13.2. The monoisotopic (exact) mass is 404 g/mol. The fraction of sp³-hybridized carbons (Fsp3) is 0.0870.